The summed E-state index contributed by atoms with van der Waals surface area (Å²) in [7, 11) is 0. The number of carboxylic acids is 1. The number of carbonyl (C=O) groups is 3. The number of halogens is 1. The van der Waals surface area contributed by atoms with Gasteiger partial charge in [0.05, 0.1) is 18.5 Å². The Morgan fingerprint density at radius 1 is 1.24 bits per heavy atom. The van der Waals surface area contributed by atoms with Crippen molar-refractivity contribution in [2.24, 2.45) is 5.73 Å². The van der Waals surface area contributed by atoms with Crippen LogP contribution in [0.15, 0.2) is 42.5 Å². The van der Waals surface area contributed by atoms with Crippen LogP contribution in [-0.4, -0.2) is 40.1 Å². The predicted octanol–water partition coefficient (Wildman–Crippen LogP) is 1.40. The molecule has 0 saturated carbocycles. The molecule has 0 spiro atoms. The third kappa shape index (κ3) is 4.76. The molecule has 0 aliphatic carbocycles. The summed E-state index contributed by atoms with van der Waals surface area (Å²) in [4.78, 5) is 35.6. The molecule has 1 aliphatic rings. The second-order valence-corrected chi connectivity index (χ2v) is 6.89. The lowest BCUT2D eigenvalue weighted by atomic mass is 9.93. The van der Waals surface area contributed by atoms with E-state index in [1.807, 2.05) is 0 Å². The smallest absolute Gasteiger partial charge is 0.305 e. The van der Waals surface area contributed by atoms with Gasteiger partial charge in [-0.1, -0.05) is 11.6 Å². The first kappa shape index (κ1) is 20.4. The zero-order chi connectivity index (χ0) is 21.1. The predicted molar refractivity (Wildman–Crippen MR) is 104 cm³/mol. The molecule has 152 valence electrons. The van der Waals surface area contributed by atoms with Gasteiger partial charge >= 0.3 is 5.97 Å². The van der Waals surface area contributed by atoms with Crippen molar-refractivity contribution in [1.82, 2.24) is 5.32 Å². The van der Waals surface area contributed by atoms with E-state index in [9.17, 15) is 19.5 Å². The van der Waals surface area contributed by atoms with E-state index in [1.54, 1.807) is 24.3 Å². The highest BCUT2D eigenvalue weighted by molar-refractivity contribution is 6.30. The normalized spacial score (nSPS) is 19.0. The molecule has 3 rings (SSSR count). The van der Waals surface area contributed by atoms with Gasteiger partial charge in [-0.05, 0) is 42.5 Å². The molecule has 2 aromatic carbocycles. The highest BCUT2D eigenvalue weighted by Crippen LogP contribution is 2.35. The molecule has 0 radical (unpaired) electrons. The average molecular weight is 420 g/mol. The van der Waals surface area contributed by atoms with Gasteiger partial charge in [0, 0.05) is 16.3 Å². The maximum atomic E-state index is 12.7. The highest BCUT2D eigenvalue weighted by atomic mass is 35.5. The molecule has 29 heavy (non-hydrogen) atoms. The number of hydrogen-bond donors (Lipinski definition) is 5. The third-order valence-electron chi connectivity index (χ3n) is 4.37. The number of hydrogen-bond acceptors (Lipinski definition) is 6. The Labute approximate surface area is 170 Å². The van der Waals surface area contributed by atoms with Crippen molar-refractivity contribution < 1.29 is 29.3 Å². The number of aliphatic carboxylic acids is 1. The van der Waals surface area contributed by atoms with Gasteiger partial charge in [0.1, 0.15) is 11.5 Å². The van der Waals surface area contributed by atoms with Crippen LogP contribution in [0, 0.1) is 0 Å². The fourth-order valence-corrected chi connectivity index (χ4v) is 3.16. The van der Waals surface area contributed by atoms with Crippen molar-refractivity contribution in [3.8, 4) is 11.5 Å². The number of benzene rings is 2. The lowest BCUT2D eigenvalue weighted by molar-refractivity contribution is -0.139. The number of phenolic OH excluding ortho intramolecular Hbond substituents is 1. The van der Waals surface area contributed by atoms with E-state index in [0.717, 1.165) is 0 Å². The Morgan fingerprint density at radius 2 is 1.93 bits per heavy atom. The van der Waals surface area contributed by atoms with Crippen LogP contribution >= 0.6 is 11.6 Å². The molecule has 0 fully saturated rings. The second-order valence-electron chi connectivity index (χ2n) is 6.45. The monoisotopic (exact) mass is 419 g/mol. The van der Waals surface area contributed by atoms with Gasteiger partial charge in [0.2, 0.25) is 5.91 Å². The maximum Gasteiger partial charge on any atom is 0.305 e. The summed E-state index contributed by atoms with van der Waals surface area (Å²) in [6.45, 7) is 0. The summed E-state index contributed by atoms with van der Waals surface area (Å²) in [6, 6.07) is 8.33. The quantitative estimate of drug-likeness (QED) is 0.425. The van der Waals surface area contributed by atoms with Gasteiger partial charge < -0.3 is 26.0 Å². The standard InChI is InChI=1S/C19H18ClN3O6/c20-9-1-4-11(5-2-9)29-17-16(22-14(18(21)27)8-15(25)26)12-7-10(24)3-6-13(12)23-19(17)28/h1-7,14,16-17,22,24H,8H2,(H2,21,27)(H,23,28)(H,25,26)/t14?,16-,17+/m0/s1. The van der Waals surface area contributed by atoms with Gasteiger partial charge in [0.25, 0.3) is 5.91 Å². The average Bonchev–Trinajstić information content (AvgIpc) is 2.65. The zero-order valence-electron chi connectivity index (χ0n) is 15.0. The summed E-state index contributed by atoms with van der Waals surface area (Å²) >= 11 is 5.87. The minimum Gasteiger partial charge on any atom is -0.508 e. The van der Waals surface area contributed by atoms with E-state index in [2.05, 4.69) is 10.6 Å². The fourth-order valence-electron chi connectivity index (χ4n) is 3.03. The van der Waals surface area contributed by atoms with Gasteiger partial charge in [-0.25, -0.2) is 0 Å². The fraction of sp³-hybridized carbons (Fsp3) is 0.211. The second kappa shape index (κ2) is 8.38. The van der Waals surface area contributed by atoms with Gasteiger partial charge in [-0.15, -0.1) is 0 Å². The van der Waals surface area contributed by atoms with Gasteiger partial charge in [0.15, 0.2) is 6.10 Å². The van der Waals surface area contributed by atoms with Crippen LogP contribution in [0.5, 0.6) is 11.5 Å². The Kier molecular flexibility index (Phi) is 5.90. The van der Waals surface area contributed by atoms with Crippen molar-refractivity contribution in [2.75, 3.05) is 5.32 Å². The third-order valence-corrected chi connectivity index (χ3v) is 4.62. The number of rotatable bonds is 7. The molecule has 3 atom stereocenters. The van der Waals surface area contributed by atoms with Gasteiger partial charge in [-0.3, -0.25) is 19.7 Å². The summed E-state index contributed by atoms with van der Waals surface area (Å²) in [5.41, 5.74) is 6.14. The number of nitrogens with two attached hydrogens (primary N) is 1. The van der Waals surface area contributed by atoms with E-state index >= 15 is 0 Å². The summed E-state index contributed by atoms with van der Waals surface area (Å²) in [5.74, 6) is -2.41. The molecule has 0 saturated heterocycles. The molecular formula is C19H18ClN3O6. The van der Waals surface area contributed by atoms with E-state index < -0.39 is 42.4 Å². The summed E-state index contributed by atoms with van der Waals surface area (Å²) in [6.07, 6.45) is -1.77. The first-order valence-corrected chi connectivity index (χ1v) is 8.95. The number of anilines is 1. The van der Waals surface area contributed by atoms with Crippen molar-refractivity contribution >= 4 is 35.1 Å². The molecule has 2 amide bonds. The van der Waals surface area contributed by atoms with Crippen LogP contribution in [-0.2, 0) is 14.4 Å². The first-order valence-electron chi connectivity index (χ1n) is 8.57. The molecule has 0 aromatic heterocycles. The van der Waals surface area contributed by atoms with E-state index in [1.165, 1.54) is 18.2 Å². The van der Waals surface area contributed by atoms with Crippen LogP contribution in [0.25, 0.3) is 0 Å². The maximum absolute atomic E-state index is 12.7. The van der Waals surface area contributed by atoms with Crippen LogP contribution < -0.4 is 21.1 Å². The summed E-state index contributed by atoms with van der Waals surface area (Å²) < 4.78 is 5.80. The number of ether oxygens (including phenoxy) is 1. The molecule has 10 heteroatoms. The Hall–Kier alpha value is -3.30. The number of fused-ring (bicyclic) bond motifs is 1. The SMILES string of the molecule is NC(=O)C(CC(=O)O)N[C@H]1c2cc(O)ccc2NC(=O)[C@@H]1Oc1ccc(Cl)cc1. The van der Waals surface area contributed by atoms with Crippen LogP contribution in [0.3, 0.4) is 0 Å². The lowest BCUT2D eigenvalue weighted by Gasteiger charge is -2.35. The highest BCUT2D eigenvalue weighted by Gasteiger charge is 2.40. The van der Waals surface area contributed by atoms with Crippen molar-refractivity contribution in [3.05, 3.63) is 53.1 Å². The largest absolute Gasteiger partial charge is 0.508 e. The van der Waals surface area contributed by atoms with Crippen molar-refractivity contribution in [3.63, 3.8) is 0 Å². The number of aromatic hydroxyl groups is 1. The molecule has 0 bridgehead atoms. The molecule has 1 unspecified atom stereocenters. The number of carboxylic acid groups (broad SMARTS) is 1. The van der Waals surface area contributed by atoms with Crippen LogP contribution in [0.4, 0.5) is 5.69 Å². The molecule has 9 nitrogen and oxygen atoms in total. The van der Waals surface area contributed by atoms with E-state index in [4.69, 9.17) is 27.2 Å². The minimum atomic E-state index is -1.27. The lowest BCUT2D eigenvalue weighted by Crippen LogP contribution is -2.53. The number of primary amides is 1. The number of phenols is 1. The van der Waals surface area contributed by atoms with Gasteiger partial charge in [-0.2, -0.15) is 0 Å². The Balaban J connectivity index is 1.99. The number of carbonyl (C=O) groups excluding carboxylic acids is 2. The summed E-state index contributed by atoms with van der Waals surface area (Å²) in [5, 5.41) is 24.9. The molecule has 2 aromatic rings. The Morgan fingerprint density at radius 3 is 2.55 bits per heavy atom. The minimum absolute atomic E-state index is 0.0780. The van der Waals surface area contributed by atoms with E-state index in [-0.39, 0.29) is 5.75 Å². The topological polar surface area (TPSA) is 151 Å². The van der Waals surface area contributed by atoms with Crippen LogP contribution in [0.2, 0.25) is 5.02 Å². The molecule has 1 heterocycles. The first-order chi connectivity index (χ1) is 13.7. The zero-order valence-corrected chi connectivity index (χ0v) is 15.7. The van der Waals surface area contributed by atoms with E-state index in [0.29, 0.717) is 22.0 Å². The molecule has 1 aliphatic heterocycles. The number of amides is 2. The van der Waals surface area contributed by atoms with Crippen molar-refractivity contribution in [2.45, 2.75) is 24.6 Å². The van der Waals surface area contributed by atoms with Crippen molar-refractivity contribution in [1.29, 1.82) is 0 Å². The molecular weight excluding hydrogens is 402 g/mol. The Bertz CT molecular complexity index is 949. The molecule has 6 N–H and O–H groups in total. The van der Waals surface area contributed by atoms with Crippen LogP contribution in [0.1, 0.15) is 18.0 Å². The number of nitrogens with one attached hydrogen (secondary N) is 2.